The van der Waals surface area contributed by atoms with Crippen LogP contribution in [0.1, 0.15) is 316 Å². The molecule has 0 aliphatic carbocycles. The van der Waals surface area contributed by atoms with Gasteiger partial charge >= 0.3 is 0 Å². The third-order valence-electron chi connectivity index (χ3n) is 13.5. The molecule has 5 nitrogen and oxygen atoms in total. The number of hydrogen-bond donors (Lipinski definition) is 4. The third kappa shape index (κ3) is 48.6. The Morgan fingerprint density at radius 1 is 0.381 bits per heavy atom. The van der Waals surface area contributed by atoms with Crippen molar-refractivity contribution in [2.75, 3.05) is 6.61 Å². The fraction of sp³-hybridized carbons (Fsp3) is 0.914. The van der Waals surface area contributed by atoms with E-state index in [1.54, 1.807) is 0 Å². The summed E-state index contributed by atoms with van der Waals surface area (Å²) in [5, 5.41) is 33.7. The highest BCUT2D eigenvalue weighted by atomic mass is 16.3. The van der Waals surface area contributed by atoms with Gasteiger partial charge in [-0.15, -0.1) is 0 Å². The van der Waals surface area contributed by atoms with Gasteiger partial charge in [0.1, 0.15) is 6.10 Å². The second-order valence-corrected chi connectivity index (χ2v) is 19.8. The van der Waals surface area contributed by atoms with E-state index in [-0.39, 0.29) is 12.5 Å². The summed E-state index contributed by atoms with van der Waals surface area (Å²) in [4.78, 5) is 12.5. The van der Waals surface area contributed by atoms with Gasteiger partial charge in [0.2, 0.25) is 5.91 Å². The topological polar surface area (TPSA) is 89.8 Å². The average molecular weight is 889 g/mol. The van der Waals surface area contributed by atoms with E-state index in [1.807, 2.05) is 0 Å². The lowest BCUT2D eigenvalue weighted by Crippen LogP contribution is -2.50. The molecule has 0 aliphatic rings. The molecule has 0 aromatic heterocycles. The van der Waals surface area contributed by atoms with Gasteiger partial charge in [-0.1, -0.05) is 269 Å². The van der Waals surface area contributed by atoms with Gasteiger partial charge in [0, 0.05) is 6.42 Å². The monoisotopic (exact) mass is 888 g/mol. The molecule has 1 amide bonds. The zero-order valence-corrected chi connectivity index (χ0v) is 42.7. The molecule has 63 heavy (non-hydrogen) atoms. The van der Waals surface area contributed by atoms with Crippen molar-refractivity contribution in [3.05, 3.63) is 24.3 Å². The van der Waals surface area contributed by atoms with Gasteiger partial charge in [-0.05, 0) is 64.2 Å². The first-order valence-corrected chi connectivity index (χ1v) is 28.6. The molecule has 0 saturated carbocycles. The normalized spacial score (nSPS) is 13.4. The van der Waals surface area contributed by atoms with Gasteiger partial charge in [0.05, 0.1) is 18.8 Å². The maximum Gasteiger partial charge on any atom is 0.220 e. The summed E-state index contributed by atoms with van der Waals surface area (Å²) in [7, 11) is 0. The highest BCUT2D eigenvalue weighted by Crippen LogP contribution is 2.17. The number of unbranched alkanes of at least 4 members (excludes halogenated alkanes) is 41. The van der Waals surface area contributed by atoms with Crippen molar-refractivity contribution in [2.24, 2.45) is 0 Å². The molecule has 4 N–H and O–H groups in total. The van der Waals surface area contributed by atoms with Gasteiger partial charge in [-0.25, -0.2) is 0 Å². The highest BCUT2D eigenvalue weighted by molar-refractivity contribution is 5.76. The number of carbonyl (C=O) groups is 1. The first-order chi connectivity index (χ1) is 31.1. The molecule has 0 fully saturated rings. The van der Waals surface area contributed by atoms with Crippen molar-refractivity contribution in [1.82, 2.24) is 5.32 Å². The van der Waals surface area contributed by atoms with Crippen LogP contribution in [0.25, 0.3) is 0 Å². The van der Waals surface area contributed by atoms with Crippen molar-refractivity contribution in [2.45, 2.75) is 334 Å². The lowest BCUT2D eigenvalue weighted by molar-refractivity contribution is -0.124. The number of aliphatic hydroxyl groups excluding tert-OH is 3. The number of aliphatic hydroxyl groups is 3. The molecule has 3 atom stereocenters. The Morgan fingerprint density at radius 3 is 0.921 bits per heavy atom. The van der Waals surface area contributed by atoms with Crippen LogP contribution < -0.4 is 5.32 Å². The fourth-order valence-corrected chi connectivity index (χ4v) is 9.10. The van der Waals surface area contributed by atoms with Crippen molar-refractivity contribution in [3.8, 4) is 0 Å². The summed E-state index contributed by atoms with van der Waals surface area (Å²) in [5.74, 6) is -0.149. The Hall–Kier alpha value is -1.17. The predicted molar refractivity (Wildman–Crippen MR) is 278 cm³/mol. The molecular formula is C58H113NO4. The smallest absolute Gasteiger partial charge is 0.220 e. The van der Waals surface area contributed by atoms with Crippen LogP contribution >= 0.6 is 0 Å². The molecular weight excluding hydrogens is 775 g/mol. The lowest BCUT2D eigenvalue weighted by Gasteiger charge is -2.26. The van der Waals surface area contributed by atoms with E-state index in [0.717, 1.165) is 38.5 Å². The third-order valence-corrected chi connectivity index (χ3v) is 13.5. The van der Waals surface area contributed by atoms with Crippen LogP contribution in [0.3, 0.4) is 0 Å². The van der Waals surface area contributed by atoms with Crippen molar-refractivity contribution >= 4 is 5.91 Å². The molecule has 0 aromatic rings. The lowest BCUT2D eigenvalue weighted by atomic mass is 10.0. The Bertz CT molecular complexity index is 936. The minimum absolute atomic E-state index is 0.149. The Labute approximate surface area is 394 Å². The van der Waals surface area contributed by atoms with Crippen LogP contribution in [0, 0.1) is 0 Å². The largest absolute Gasteiger partial charge is 0.394 e. The average Bonchev–Trinajstić information content (AvgIpc) is 3.29. The van der Waals surface area contributed by atoms with E-state index in [4.69, 9.17) is 0 Å². The standard InChI is InChI=1S/C58H113NO4/c1-3-5-7-9-11-13-15-17-19-21-23-24-25-26-27-28-29-30-31-32-33-34-35-37-39-41-43-45-47-49-51-53-57(62)59-55(54-60)58(63)56(61)52-50-48-46-44-42-40-38-36-22-20-18-16-14-12-10-8-6-4-2/h26-27,44,46,55-56,58,60-61,63H,3-25,28-43,45,47-54H2,1-2H3,(H,59,62)/b27-26-,46-44+. The zero-order valence-electron chi connectivity index (χ0n) is 42.7. The second kappa shape index (κ2) is 53.4. The van der Waals surface area contributed by atoms with Crippen LogP contribution in [-0.4, -0.2) is 46.1 Å². The minimum Gasteiger partial charge on any atom is -0.394 e. The number of allylic oxidation sites excluding steroid dienone is 4. The van der Waals surface area contributed by atoms with Crippen LogP contribution in [0.4, 0.5) is 0 Å². The molecule has 0 bridgehead atoms. The van der Waals surface area contributed by atoms with E-state index in [0.29, 0.717) is 12.8 Å². The van der Waals surface area contributed by atoms with E-state index < -0.39 is 18.2 Å². The number of hydrogen-bond acceptors (Lipinski definition) is 4. The molecule has 0 radical (unpaired) electrons. The maximum atomic E-state index is 12.5. The molecule has 0 aromatic carbocycles. The molecule has 3 unspecified atom stereocenters. The van der Waals surface area contributed by atoms with Crippen molar-refractivity contribution in [1.29, 1.82) is 0 Å². The Kier molecular flexibility index (Phi) is 52.5. The number of nitrogens with one attached hydrogen (secondary N) is 1. The van der Waals surface area contributed by atoms with Crippen molar-refractivity contribution in [3.63, 3.8) is 0 Å². The highest BCUT2D eigenvalue weighted by Gasteiger charge is 2.26. The van der Waals surface area contributed by atoms with Crippen molar-refractivity contribution < 1.29 is 20.1 Å². The Morgan fingerprint density at radius 2 is 0.635 bits per heavy atom. The SMILES string of the molecule is CCCCCCCCCCCCCC/C=C\CCCCCCCCCCCCCCCCCC(=O)NC(CO)C(O)C(O)CCC/C=C/CCCCCCCCCCCCCCC. The molecule has 0 spiro atoms. The second-order valence-electron chi connectivity index (χ2n) is 19.8. The summed E-state index contributed by atoms with van der Waals surface area (Å²) < 4.78 is 0. The van der Waals surface area contributed by atoms with E-state index >= 15 is 0 Å². The molecule has 0 aliphatic heterocycles. The van der Waals surface area contributed by atoms with Crippen LogP contribution in [0.15, 0.2) is 24.3 Å². The Balaban J connectivity index is 3.52. The van der Waals surface area contributed by atoms with E-state index in [2.05, 4.69) is 43.5 Å². The molecule has 5 heteroatoms. The number of carbonyl (C=O) groups excluding carboxylic acids is 1. The van der Waals surface area contributed by atoms with Gasteiger partial charge < -0.3 is 20.6 Å². The van der Waals surface area contributed by atoms with Gasteiger partial charge in [0.15, 0.2) is 0 Å². The zero-order chi connectivity index (χ0) is 45.8. The van der Waals surface area contributed by atoms with Gasteiger partial charge in [0.25, 0.3) is 0 Å². The van der Waals surface area contributed by atoms with Gasteiger partial charge in [-0.3, -0.25) is 4.79 Å². The van der Waals surface area contributed by atoms with Crippen LogP contribution in [0.5, 0.6) is 0 Å². The molecule has 0 heterocycles. The first kappa shape index (κ1) is 61.8. The summed E-state index contributed by atoms with van der Waals surface area (Å²) >= 11 is 0. The summed E-state index contributed by atoms with van der Waals surface area (Å²) in [5.41, 5.74) is 0. The minimum atomic E-state index is -1.16. The van der Waals surface area contributed by atoms with E-state index in [1.165, 1.54) is 250 Å². The van der Waals surface area contributed by atoms with E-state index in [9.17, 15) is 20.1 Å². The van der Waals surface area contributed by atoms with Gasteiger partial charge in [-0.2, -0.15) is 0 Å². The number of amides is 1. The summed E-state index contributed by atoms with van der Waals surface area (Å²) in [6.45, 7) is 4.20. The predicted octanol–water partition coefficient (Wildman–Crippen LogP) is 17.7. The quantitative estimate of drug-likeness (QED) is 0.0362. The van der Waals surface area contributed by atoms with Crippen LogP contribution in [-0.2, 0) is 4.79 Å². The molecule has 0 rings (SSSR count). The fourth-order valence-electron chi connectivity index (χ4n) is 9.10. The summed E-state index contributed by atoms with van der Waals surface area (Å²) in [6.07, 6.45) is 67.7. The summed E-state index contributed by atoms with van der Waals surface area (Å²) in [6, 6.07) is -0.824. The van der Waals surface area contributed by atoms with Crippen LogP contribution in [0.2, 0.25) is 0 Å². The number of rotatable bonds is 53. The molecule has 0 saturated heterocycles. The molecule has 374 valence electrons. The first-order valence-electron chi connectivity index (χ1n) is 28.6. The maximum absolute atomic E-state index is 12.5.